The zero-order chi connectivity index (χ0) is 37.0. The van der Waals surface area contributed by atoms with Crippen LogP contribution in [-0.4, -0.2) is 103 Å². The summed E-state index contributed by atoms with van der Waals surface area (Å²) >= 11 is 0. The lowest BCUT2D eigenvalue weighted by atomic mass is 9.80. The summed E-state index contributed by atoms with van der Waals surface area (Å²) in [5.41, 5.74) is -0.872. The molecule has 1 amide bonds. The zero-order valence-corrected chi connectivity index (χ0v) is 35.2. The molecule has 0 aromatic heterocycles. The van der Waals surface area contributed by atoms with Gasteiger partial charge in [-0.1, -0.05) is 62.3 Å². The molecule has 0 radical (unpaired) electrons. The fourth-order valence-corrected chi connectivity index (χ4v) is 8.71. The van der Waals surface area contributed by atoms with Gasteiger partial charge in [-0.15, -0.1) is 0 Å². The molecular formula is C33H67NO10Si3. The normalized spacial score (nSPS) is 24.1. The molecule has 0 aromatic rings. The minimum absolute atomic E-state index is 0.0411. The van der Waals surface area contributed by atoms with Crippen LogP contribution in [0, 0.1) is 0 Å². The third kappa shape index (κ3) is 12.3. The number of carbonyl (C=O) groups excluding carboxylic acids is 1. The first-order valence-corrected chi connectivity index (χ1v) is 25.5. The van der Waals surface area contributed by atoms with Crippen LogP contribution < -0.4 is 5.32 Å². The summed E-state index contributed by atoms with van der Waals surface area (Å²) in [7, 11) is -5.29. The van der Waals surface area contributed by atoms with Crippen LogP contribution in [0.15, 0.2) is 0 Å². The number of amides is 1. The van der Waals surface area contributed by atoms with E-state index in [0.29, 0.717) is 12.8 Å². The van der Waals surface area contributed by atoms with Crippen LogP contribution in [0.2, 0.25) is 54.4 Å². The first-order chi connectivity index (χ1) is 20.9. The largest absolute Gasteiger partial charge is 0.481 e. The molecule has 0 saturated heterocycles. The van der Waals surface area contributed by atoms with Crippen molar-refractivity contribution in [1.82, 2.24) is 5.32 Å². The van der Waals surface area contributed by atoms with Gasteiger partial charge in [0.25, 0.3) is 0 Å². The molecule has 0 aromatic carbocycles. The minimum Gasteiger partial charge on any atom is -0.481 e. The highest BCUT2D eigenvalue weighted by Crippen LogP contribution is 2.48. The number of carbonyl (C=O) groups is 3. The average molecular weight is 722 g/mol. The van der Waals surface area contributed by atoms with Crippen molar-refractivity contribution in [2.45, 2.75) is 172 Å². The Morgan fingerprint density at radius 1 is 0.766 bits per heavy atom. The molecule has 1 aliphatic carbocycles. The number of hydrogen-bond acceptors (Lipinski definition) is 8. The SMILES string of the molecule is COC1(COCC(=O)N[C@@H](CCC(=O)O)C(=O)O)CC(O[Si](C)(C)C(C)(C)C)C(O[Si](C)(C)C(C)(C)C)C(O[Si](C)(C)C(C)(C)C)C1. The van der Waals surface area contributed by atoms with E-state index in [4.69, 9.17) is 27.9 Å². The molecule has 3 atom stereocenters. The maximum absolute atomic E-state index is 12.7. The Morgan fingerprint density at radius 3 is 1.51 bits per heavy atom. The number of aliphatic carboxylic acids is 2. The molecule has 0 bridgehead atoms. The number of carboxylic acids is 2. The predicted octanol–water partition coefficient (Wildman–Crippen LogP) is 6.79. The van der Waals surface area contributed by atoms with Crippen molar-refractivity contribution >= 4 is 42.8 Å². The number of carboxylic acid groups (broad SMARTS) is 2. The third-order valence-corrected chi connectivity index (χ3v) is 24.4. The second-order valence-corrected chi connectivity index (χ2v) is 32.1. The molecular weight excluding hydrogens is 655 g/mol. The van der Waals surface area contributed by atoms with Crippen molar-refractivity contribution in [3.05, 3.63) is 0 Å². The van der Waals surface area contributed by atoms with Gasteiger partial charge in [0.2, 0.25) is 5.91 Å². The standard InChI is InChI=1S/C33H67NO10Si3/c1-30(2,3)45(11,12)42-24-19-33(40-10,22-41-21-26(35)34-23(29(38)39)17-18-27(36)37)20-25(43-46(13,14)31(4,5)6)28(24)44-47(15,16)32(7,8)9/h23-25,28H,17-22H2,1-16H3,(H,34,35)(H,36,37)(H,38,39)/t23-,24?,25?,28?,33?/m0/s1. The second-order valence-electron chi connectivity index (χ2n) is 17.9. The van der Waals surface area contributed by atoms with Crippen LogP contribution in [0.1, 0.15) is 88.0 Å². The molecule has 276 valence electrons. The molecule has 2 unspecified atom stereocenters. The molecule has 0 aliphatic heterocycles. The van der Waals surface area contributed by atoms with E-state index in [9.17, 15) is 19.5 Å². The Bertz CT molecular complexity index is 1040. The molecule has 11 nitrogen and oxygen atoms in total. The summed E-state index contributed by atoms with van der Waals surface area (Å²) in [6.45, 7) is 33.0. The quantitative estimate of drug-likeness (QED) is 0.146. The van der Waals surface area contributed by atoms with Crippen LogP contribution >= 0.6 is 0 Å². The van der Waals surface area contributed by atoms with Gasteiger partial charge in [0.15, 0.2) is 25.0 Å². The molecule has 1 saturated carbocycles. The van der Waals surface area contributed by atoms with Crippen molar-refractivity contribution in [1.29, 1.82) is 0 Å². The van der Waals surface area contributed by atoms with E-state index in [1.165, 1.54) is 0 Å². The molecule has 1 aliphatic rings. The topological polar surface area (TPSA) is 150 Å². The number of rotatable bonds is 16. The highest BCUT2D eigenvalue weighted by molar-refractivity contribution is 6.75. The van der Waals surface area contributed by atoms with E-state index in [2.05, 4.69) is 107 Å². The van der Waals surface area contributed by atoms with Gasteiger partial charge in [-0.25, -0.2) is 4.79 Å². The van der Waals surface area contributed by atoms with E-state index < -0.39 is 61.0 Å². The molecule has 0 spiro atoms. The van der Waals surface area contributed by atoms with E-state index in [-0.39, 0.29) is 52.9 Å². The summed E-state index contributed by atoms with van der Waals surface area (Å²) in [4.78, 5) is 35.3. The van der Waals surface area contributed by atoms with Crippen LogP contribution in [0.5, 0.6) is 0 Å². The number of methoxy groups -OCH3 is 1. The Kier molecular flexibility index (Phi) is 14.8. The zero-order valence-electron chi connectivity index (χ0n) is 32.2. The van der Waals surface area contributed by atoms with Gasteiger partial charge in [0, 0.05) is 26.4 Å². The first-order valence-electron chi connectivity index (χ1n) is 16.8. The van der Waals surface area contributed by atoms with E-state index in [0.717, 1.165) is 0 Å². The van der Waals surface area contributed by atoms with Crippen molar-refractivity contribution in [3.63, 3.8) is 0 Å². The summed E-state index contributed by atoms with van der Waals surface area (Å²) in [6, 6.07) is -1.33. The summed E-state index contributed by atoms with van der Waals surface area (Å²) in [5.74, 6) is -3.09. The highest BCUT2D eigenvalue weighted by atomic mass is 28.4. The molecule has 0 heterocycles. The summed E-state index contributed by atoms with van der Waals surface area (Å²) in [5, 5.41) is 20.6. The van der Waals surface area contributed by atoms with Crippen LogP contribution in [-0.2, 0) is 37.1 Å². The van der Waals surface area contributed by atoms with Crippen molar-refractivity contribution in [2.24, 2.45) is 0 Å². The van der Waals surface area contributed by atoms with Gasteiger partial charge < -0.3 is 38.3 Å². The summed E-state index contributed by atoms with van der Waals surface area (Å²) in [6.07, 6.45) is -0.746. The van der Waals surface area contributed by atoms with Crippen LogP contribution in [0.4, 0.5) is 0 Å². The van der Waals surface area contributed by atoms with Crippen molar-refractivity contribution < 1.29 is 47.3 Å². The average Bonchev–Trinajstić information content (AvgIpc) is 2.85. The van der Waals surface area contributed by atoms with Gasteiger partial charge in [0.05, 0.1) is 30.5 Å². The smallest absolute Gasteiger partial charge is 0.326 e. The Morgan fingerprint density at radius 2 is 1.17 bits per heavy atom. The minimum atomic E-state index is -2.32. The maximum atomic E-state index is 12.7. The van der Waals surface area contributed by atoms with E-state index in [1.54, 1.807) is 7.11 Å². The molecule has 1 rings (SSSR count). The van der Waals surface area contributed by atoms with Crippen molar-refractivity contribution in [2.75, 3.05) is 20.3 Å². The number of nitrogens with one attached hydrogen (secondary N) is 1. The maximum Gasteiger partial charge on any atom is 0.326 e. The van der Waals surface area contributed by atoms with Crippen LogP contribution in [0.3, 0.4) is 0 Å². The number of hydrogen-bond donors (Lipinski definition) is 3. The lowest BCUT2D eigenvalue weighted by molar-refractivity contribution is -0.176. The van der Waals surface area contributed by atoms with Gasteiger partial charge in [-0.2, -0.15) is 0 Å². The fraction of sp³-hybridized carbons (Fsp3) is 0.909. The first kappa shape index (κ1) is 43.9. The number of ether oxygens (including phenoxy) is 2. The molecule has 3 N–H and O–H groups in total. The summed E-state index contributed by atoms with van der Waals surface area (Å²) < 4.78 is 33.9. The third-order valence-electron chi connectivity index (χ3n) is 10.9. The van der Waals surface area contributed by atoms with Crippen molar-refractivity contribution in [3.8, 4) is 0 Å². The lowest BCUT2D eigenvalue weighted by Gasteiger charge is -2.54. The van der Waals surface area contributed by atoms with Gasteiger partial charge >= 0.3 is 11.9 Å². The van der Waals surface area contributed by atoms with Gasteiger partial charge in [-0.05, 0) is 60.8 Å². The highest BCUT2D eigenvalue weighted by Gasteiger charge is 2.55. The van der Waals surface area contributed by atoms with E-state index >= 15 is 0 Å². The van der Waals surface area contributed by atoms with E-state index in [1.807, 2.05) is 0 Å². The predicted molar refractivity (Wildman–Crippen MR) is 192 cm³/mol. The van der Waals surface area contributed by atoms with Gasteiger partial charge in [-0.3, -0.25) is 9.59 Å². The monoisotopic (exact) mass is 721 g/mol. The second kappa shape index (κ2) is 15.8. The fourth-order valence-electron chi connectivity index (χ4n) is 4.72. The lowest BCUT2D eigenvalue weighted by Crippen LogP contribution is -2.64. The van der Waals surface area contributed by atoms with Crippen LogP contribution in [0.25, 0.3) is 0 Å². The Hall–Kier alpha value is -1.14. The molecule has 47 heavy (non-hydrogen) atoms. The molecule has 1 fully saturated rings. The van der Waals surface area contributed by atoms with Gasteiger partial charge in [0.1, 0.15) is 12.6 Å². The Balaban J connectivity index is 3.54. The molecule has 14 heteroatoms. The Labute approximate surface area is 287 Å².